The lowest BCUT2D eigenvalue weighted by Crippen LogP contribution is -2.29. The van der Waals surface area contributed by atoms with E-state index < -0.39 is 5.41 Å². The van der Waals surface area contributed by atoms with Gasteiger partial charge in [0, 0.05) is 32.9 Å². The van der Waals surface area contributed by atoms with E-state index >= 15 is 0 Å². The Morgan fingerprint density at radius 2 is 0.833 bits per heavy atom. The summed E-state index contributed by atoms with van der Waals surface area (Å²) in [7, 11) is 0. The first-order valence-corrected chi connectivity index (χ1v) is 19.2. The van der Waals surface area contributed by atoms with Crippen molar-refractivity contribution in [1.29, 1.82) is 0 Å². The maximum atomic E-state index is 2.51. The Bertz CT molecular complexity index is 2820. The van der Waals surface area contributed by atoms with E-state index in [1.165, 1.54) is 93.9 Å². The van der Waals surface area contributed by atoms with E-state index in [9.17, 15) is 0 Å². The van der Waals surface area contributed by atoms with Crippen LogP contribution in [0.3, 0.4) is 0 Å². The van der Waals surface area contributed by atoms with Gasteiger partial charge < -0.3 is 9.13 Å². The van der Waals surface area contributed by atoms with Crippen LogP contribution in [0.4, 0.5) is 0 Å². The quantitative estimate of drug-likeness (QED) is 0.164. The second kappa shape index (κ2) is 11.9. The Balaban J connectivity index is 1.24. The van der Waals surface area contributed by atoms with Crippen LogP contribution in [0.2, 0.25) is 0 Å². The molecule has 2 nitrogen and oxygen atoms in total. The number of fused-ring (bicyclic) bond motifs is 9. The molecule has 2 aromatic heterocycles. The minimum Gasteiger partial charge on any atom is -0.309 e. The van der Waals surface area contributed by atoms with E-state index in [0.717, 1.165) is 12.8 Å². The van der Waals surface area contributed by atoms with Gasteiger partial charge in [0.15, 0.2) is 0 Å². The molecule has 0 spiro atoms. The van der Waals surface area contributed by atoms with Crippen molar-refractivity contribution in [2.24, 2.45) is 0 Å². The fourth-order valence-electron chi connectivity index (χ4n) is 9.72. The highest BCUT2D eigenvalue weighted by Crippen LogP contribution is 2.57. The van der Waals surface area contributed by atoms with E-state index in [1.807, 2.05) is 0 Å². The first kappa shape index (κ1) is 30.9. The number of benzene rings is 8. The fraction of sp³-hybridized carbons (Fsp3) is 0.0769. The van der Waals surface area contributed by atoms with Gasteiger partial charge in [-0.25, -0.2) is 0 Å². The second-order valence-corrected chi connectivity index (χ2v) is 14.8. The molecular weight excluding hydrogens is 653 g/mol. The Morgan fingerprint density at radius 3 is 1.33 bits per heavy atom. The zero-order valence-corrected chi connectivity index (χ0v) is 30.2. The molecular formula is C52H38N2. The van der Waals surface area contributed by atoms with Crippen LogP contribution >= 0.6 is 0 Å². The van der Waals surface area contributed by atoms with Gasteiger partial charge in [-0.05, 0) is 93.9 Å². The van der Waals surface area contributed by atoms with Crippen molar-refractivity contribution in [2.75, 3.05) is 0 Å². The molecule has 1 aliphatic rings. The van der Waals surface area contributed by atoms with E-state index in [0.29, 0.717) is 0 Å². The average molecular weight is 691 g/mol. The van der Waals surface area contributed by atoms with E-state index in [2.05, 4.69) is 204 Å². The van der Waals surface area contributed by atoms with Gasteiger partial charge in [-0.1, -0.05) is 153 Å². The van der Waals surface area contributed by atoms with Crippen LogP contribution in [0, 0.1) is 0 Å². The molecule has 0 fully saturated rings. The normalized spacial score (nSPS) is 13.2. The van der Waals surface area contributed by atoms with Crippen molar-refractivity contribution < 1.29 is 0 Å². The molecule has 1 aliphatic carbocycles. The van der Waals surface area contributed by atoms with Crippen LogP contribution in [0.5, 0.6) is 0 Å². The zero-order chi connectivity index (χ0) is 35.8. The molecule has 2 heterocycles. The molecule has 0 saturated carbocycles. The highest BCUT2D eigenvalue weighted by Gasteiger charge is 2.46. The standard InChI is InChI=1S/C52H38N2/c1-2-15-35-30-31-41-40-20-3-8-25-46(40)52(47(41)32-35,36-16-13-18-38(33-36)53-48-26-9-4-21-42(48)43-22-5-10-27-49(43)53)37-17-14-19-39(34-37)54-50-28-11-6-23-44(50)45-24-7-12-29-51(45)54/h3-14,16-34H,2,15H2,1H3. The molecule has 0 N–H and O–H groups in total. The number of hydrogen-bond acceptors (Lipinski definition) is 0. The maximum Gasteiger partial charge on any atom is 0.0715 e. The Kier molecular flexibility index (Phi) is 6.84. The Labute approximate surface area is 315 Å². The highest BCUT2D eigenvalue weighted by atomic mass is 15.0. The molecule has 0 amide bonds. The molecule has 256 valence electrons. The van der Waals surface area contributed by atoms with Crippen LogP contribution in [-0.4, -0.2) is 9.13 Å². The van der Waals surface area contributed by atoms with E-state index in [4.69, 9.17) is 0 Å². The molecule has 0 radical (unpaired) electrons. The maximum absolute atomic E-state index is 2.51. The second-order valence-electron chi connectivity index (χ2n) is 14.8. The van der Waals surface area contributed by atoms with Crippen LogP contribution in [0.25, 0.3) is 66.1 Å². The summed E-state index contributed by atoms with van der Waals surface area (Å²) < 4.78 is 4.90. The molecule has 0 saturated heterocycles. The van der Waals surface area contributed by atoms with Crippen molar-refractivity contribution in [3.8, 4) is 22.5 Å². The molecule has 8 aromatic carbocycles. The van der Waals surface area contributed by atoms with Crippen LogP contribution in [0.1, 0.15) is 41.2 Å². The predicted molar refractivity (Wildman–Crippen MR) is 226 cm³/mol. The minimum absolute atomic E-state index is 0.556. The smallest absolute Gasteiger partial charge is 0.0715 e. The molecule has 11 rings (SSSR count). The Morgan fingerprint density at radius 1 is 0.389 bits per heavy atom. The molecule has 2 heteroatoms. The van der Waals surface area contributed by atoms with E-state index in [1.54, 1.807) is 0 Å². The van der Waals surface area contributed by atoms with Gasteiger partial charge in [0.2, 0.25) is 0 Å². The summed E-state index contributed by atoms with van der Waals surface area (Å²) >= 11 is 0. The van der Waals surface area contributed by atoms with Crippen LogP contribution < -0.4 is 0 Å². The zero-order valence-electron chi connectivity index (χ0n) is 30.2. The topological polar surface area (TPSA) is 9.86 Å². The number of aryl methyl sites for hydroxylation is 1. The summed E-state index contributed by atoms with van der Waals surface area (Å²) in [4.78, 5) is 0. The number of hydrogen-bond donors (Lipinski definition) is 0. The van der Waals surface area contributed by atoms with Gasteiger partial charge in [0.05, 0.1) is 27.5 Å². The third kappa shape index (κ3) is 4.28. The van der Waals surface area contributed by atoms with Crippen molar-refractivity contribution in [3.05, 3.63) is 216 Å². The monoisotopic (exact) mass is 690 g/mol. The lowest BCUT2D eigenvalue weighted by molar-refractivity contribution is 0.763. The largest absolute Gasteiger partial charge is 0.309 e. The average Bonchev–Trinajstić information content (AvgIpc) is 3.85. The fourth-order valence-corrected chi connectivity index (χ4v) is 9.72. The molecule has 10 aromatic rings. The predicted octanol–water partition coefficient (Wildman–Crippen LogP) is 13.2. The molecule has 0 aliphatic heterocycles. The van der Waals surface area contributed by atoms with Gasteiger partial charge in [0.25, 0.3) is 0 Å². The molecule has 54 heavy (non-hydrogen) atoms. The Hall–Kier alpha value is -6.64. The summed E-state index contributed by atoms with van der Waals surface area (Å²) in [5.74, 6) is 0. The first-order valence-electron chi connectivity index (χ1n) is 19.2. The molecule has 0 unspecified atom stereocenters. The van der Waals surface area contributed by atoms with Gasteiger partial charge in [-0.2, -0.15) is 0 Å². The van der Waals surface area contributed by atoms with Gasteiger partial charge in [0.1, 0.15) is 0 Å². The van der Waals surface area contributed by atoms with Crippen molar-refractivity contribution in [2.45, 2.75) is 25.2 Å². The summed E-state index contributed by atoms with van der Waals surface area (Å²) in [5.41, 5.74) is 15.9. The van der Waals surface area contributed by atoms with Gasteiger partial charge >= 0.3 is 0 Å². The number of nitrogens with zero attached hydrogens (tertiary/aromatic N) is 2. The minimum atomic E-state index is -0.556. The van der Waals surface area contributed by atoms with E-state index in [-0.39, 0.29) is 0 Å². The number of para-hydroxylation sites is 4. The molecule has 0 bridgehead atoms. The summed E-state index contributed by atoms with van der Waals surface area (Å²) in [5, 5.41) is 5.08. The van der Waals surface area contributed by atoms with Crippen LogP contribution in [0.15, 0.2) is 188 Å². The molecule has 0 atom stereocenters. The summed E-state index contributed by atoms with van der Waals surface area (Å²) in [6, 6.07) is 70.3. The van der Waals surface area contributed by atoms with Crippen molar-refractivity contribution in [1.82, 2.24) is 9.13 Å². The third-order valence-electron chi connectivity index (χ3n) is 11.9. The van der Waals surface area contributed by atoms with Crippen molar-refractivity contribution in [3.63, 3.8) is 0 Å². The third-order valence-corrected chi connectivity index (χ3v) is 11.9. The number of rotatable bonds is 6. The highest BCUT2D eigenvalue weighted by molar-refractivity contribution is 6.10. The van der Waals surface area contributed by atoms with Gasteiger partial charge in [-0.15, -0.1) is 0 Å². The SMILES string of the molecule is CCCc1ccc2c(c1)C(c1cccc(-n3c4ccccc4c4ccccc43)c1)(c1cccc(-n3c4ccccc4c4ccccc43)c1)c1ccccc1-2. The number of aromatic nitrogens is 2. The summed E-state index contributed by atoms with van der Waals surface area (Å²) in [6.45, 7) is 2.28. The van der Waals surface area contributed by atoms with Crippen LogP contribution in [-0.2, 0) is 11.8 Å². The first-order chi connectivity index (χ1) is 26.8. The lowest BCUT2D eigenvalue weighted by Gasteiger charge is -2.35. The lowest BCUT2D eigenvalue weighted by atomic mass is 9.67. The summed E-state index contributed by atoms with van der Waals surface area (Å²) in [6.07, 6.45) is 2.15. The van der Waals surface area contributed by atoms with Crippen molar-refractivity contribution >= 4 is 43.6 Å². The van der Waals surface area contributed by atoms with Gasteiger partial charge in [-0.3, -0.25) is 0 Å².